The van der Waals surface area contributed by atoms with Gasteiger partial charge in [0.2, 0.25) is 5.91 Å². The van der Waals surface area contributed by atoms with Crippen LogP contribution in [-0.4, -0.2) is 107 Å². The lowest BCUT2D eigenvalue weighted by Crippen LogP contribution is -2.61. The van der Waals surface area contributed by atoms with Gasteiger partial charge in [0.05, 0.1) is 25.4 Å². The fraction of sp³-hybridized carbons (Fsp3) is 0.829. The number of carbonyl (C=O) groups excluding carboxylic acids is 1. The summed E-state index contributed by atoms with van der Waals surface area (Å²) in [4.78, 5) is 13.0. The third-order valence-corrected chi connectivity index (χ3v) is 10.2. The average Bonchev–Trinajstić information content (AvgIpc) is 3.15. The van der Waals surface area contributed by atoms with E-state index in [1.807, 2.05) is 0 Å². The first-order valence-electron chi connectivity index (χ1n) is 21.0. The van der Waals surface area contributed by atoms with Crippen molar-refractivity contribution in [2.75, 3.05) is 13.2 Å². The van der Waals surface area contributed by atoms with Crippen LogP contribution in [0.5, 0.6) is 0 Å². The predicted octanol–water partition coefficient (Wildman–Crippen LogP) is 6.13. The molecule has 13 nitrogen and oxygen atoms in total. The lowest BCUT2D eigenvalue weighted by atomic mass is 9.99. The van der Waals surface area contributed by atoms with E-state index >= 15 is 0 Å². The Kier molecular flexibility index (Phi) is 30.1. The minimum absolute atomic E-state index is 0.235. The summed E-state index contributed by atoms with van der Waals surface area (Å²) in [7, 11) is -5.12. The highest BCUT2D eigenvalue weighted by molar-refractivity contribution is 7.80. The van der Waals surface area contributed by atoms with Crippen LogP contribution in [0.1, 0.15) is 155 Å². The standard InChI is InChI=1S/C41H75NO12S/c1-3-5-7-9-11-13-15-17-19-21-23-25-27-29-34(44)33(32-52-41-38(47)39(54-55(49,50)51)37(46)36(31-43)53-41)42-40(48)35(45)30-28-26-24-22-20-18-16-14-12-10-8-6-4-2/h11,13,19,21,27,29,33-39,41,43-47H,3-10,12,14-18,20,22-26,28,30-32H2,1-2H3,(H,42,48)(H,49,50,51)/b13-11+,21-19+,29-27+. The van der Waals surface area contributed by atoms with Crippen LogP contribution in [0.3, 0.4) is 0 Å². The zero-order chi connectivity index (χ0) is 40.7. The Labute approximate surface area is 331 Å². The van der Waals surface area contributed by atoms with E-state index in [1.165, 1.54) is 83.1 Å². The van der Waals surface area contributed by atoms with Crippen LogP contribution in [0.4, 0.5) is 0 Å². The van der Waals surface area contributed by atoms with Crippen LogP contribution in [-0.2, 0) is 28.9 Å². The normalized spacial score (nSPS) is 22.5. The molecule has 0 bridgehead atoms. The second kappa shape index (κ2) is 32.3. The van der Waals surface area contributed by atoms with E-state index in [2.05, 4.69) is 47.7 Å². The molecule has 1 fully saturated rings. The molecule has 0 aromatic heterocycles. The van der Waals surface area contributed by atoms with Gasteiger partial charge < -0.3 is 40.3 Å². The summed E-state index contributed by atoms with van der Waals surface area (Å²) in [5, 5.41) is 54.9. The molecule has 1 rings (SSSR count). The maximum atomic E-state index is 13.0. The molecule has 7 N–H and O–H groups in total. The van der Waals surface area contributed by atoms with E-state index in [0.29, 0.717) is 12.8 Å². The van der Waals surface area contributed by atoms with Crippen molar-refractivity contribution in [2.45, 2.75) is 204 Å². The number of nitrogens with one attached hydrogen (secondary N) is 1. The molecule has 1 saturated heterocycles. The van der Waals surface area contributed by atoms with Gasteiger partial charge in [0, 0.05) is 0 Å². The minimum atomic E-state index is -5.12. The first-order chi connectivity index (χ1) is 26.4. The lowest BCUT2D eigenvalue weighted by Gasteiger charge is -2.41. The van der Waals surface area contributed by atoms with E-state index in [0.717, 1.165) is 44.9 Å². The molecule has 55 heavy (non-hydrogen) atoms. The van der Waals surface area contributed by atoms with Gasteiger partial charge in [-0.15, -0.1) is 0 Å². The SMILES string of the molecule is CCCCC/C=C/CC/C=C/CC/C=C/C(O)C(COC1OC(CO)C(O)C(OS(=O)(=O)O)C1O)NC(=O)C(O)CCCCCCCCCCCCCCC. The molecular formula is C41H75NO12S. The van der Waals surface area contributed by atoms with Crippen molar-refractivity contribution in [3.8, 4) is 0 Å². The molecule has 0 aromatic rings. The van der Waals surface area contributed by atoms with Crippen LogP contribution >= 0.6 is 0 Å². The van der Waals surface area contributed by atoms with Crippen molar-refractivity contribution >= 4 is 16.3 Å². The molecule has 0 saturated carbocycles. The summed E-state index contributed by atoms with van der Waals surface area (Å²) < 4.78 is 47.3. The minimum Gasteiger partial charge on any atom is -0.394 e. The van der Waals surface area contributed by atoms with Gasteiger partial charge in [0.25, 0.3) is 0 Å². The molecule has 1 amide bonds. The number of aliphatic hydroxyl groups is 5. The monoisotopic (exact) mass is 806 g/mol. The fourth-order valence-corrected chi connectivity index (χ4v) is 6.88. The number of unbranched alkanes of at least 4 members (excludes halogenated alkanes) is 17. The van der Waals surface area contributed by atoms with E-state index in [1.54, 1.807) is 6.08 Å². The lowest BCUT2D eigenvalue weighted by molar-refractivity contribution is -0.298. The third kappa shape index (κ3) is 25.3. The summed E-state index contributed by atoms with van der Waals surface area (Å²) in [6.07, 6.45) is 23.8. The fourth-order valence-electron chi connectivity index (χ4n) is 6.37. The Hall–Kier alpha value is -1.72. The summed E-state index contributed by atoms with van der Waals surface area (Å²) in [5.41, 5.74) is 0. The van der Waals surface area contributed by atoms with Crippen LogP contribution < -0.4 is 5.32 Å². The molecule has 0 aromatic carbocycles. The van der Waals surface area contributed by atoms with Crippen molar-refractivity contribution in [1.29, 1.82) is 0 Å². The zero-order valence-electron chi connectivity index (χ0n) is 33.6. The number of carbonyl (C=O) groups is 1. The molecule has 8 unspecified atom stereocenters. The van der Waals surface area contributed by atoms with Gasteiger partial charge in [-0.1, -0.05) is 147 Å². The van der Waals surface area contributed by atoms with Gasteiger partial charge in [-0.25, -0.2) is 4.18 Å². The van der Waals surface area contributed by atoms with Crippen LogP contribution in [0.15, 0.2) is 36.5 Å². The maximum absolute atomic E-state index is 13.0. The molecule has 0 spiro atoms. The van der Waals surface area contributed by atoms with Crippen molar-refractivity contribution in [3.05, 3.63) is 36.5 Å². The Balaban J connectivity index is 2.70. The first-order valence-corrected chi connectivity index (χ1v) is 22.3. The van der Waals surface area contributed by atoms with Crippen LogP contribution in [0, 0.1) is 0 Å². The molecular weight excluding hydrogens is 731 g/mol. The Bertz CT molecular complexity index is 1150. The summed E-state index contributed by atoms with van der Waals surface area (Å²) in [6.45, 7) is 3.13. The number of rotatable bonds is 34. The van der Waals surface area contributed by atoms with Crippen molar-refractivity contribution in [2.24, 2.45) is 0 Å². The summed E-state index contributed by atoms with van der Waals surface area (Å²) in [6, 6.07) is -1.14. The van der Waals surface area contributed by atoms with Gasteiger partial charge in [0.15, 0.2) is 6.29 Å². The second-order valence-corrected chi connectivity index (χ2v) is 15.8. The third-order valence-electron chi connectivity index (χ3n) is 9.76. The van der Waals surface area contributed by atoms with Gasteiger partial charge in [-0.3, -0.25) is 9.35 Å². The number of allylic oxidation sites excluding steroid dienone is 5. The molecule has 1 heterocycles. The number of hydrogen-bond acceptors (Lipinski definition) is 11. The Morgan fingerprint density at radius 1 is 0.727 bits per heavy atom. The average molecular weight is 806 g/mol. The summed E-state index contributed by atoms with van der Waals surface area (Å²) in [5.74, 6) is -0.719. The van der Waals surface area contributed by atoms with Crippen molar-refractivity contribution in [1.82, 2.24) is 5.32 Å². The van der Waals surface area contributed by atoms with E-state index in [9.17, 15) is 38.7 Å². The van der Waals surface area contributed by atoms with Crippen LogP contribution in [0.25, 0.3) is 0 Å². The van der Waals surface area contributed by atoms with Gasteiger partial charge in [-0.2, -0.15) is 8.42 Å². The maximum Gasteiger partial charge on any atom is 0.397 e. The highest BCUT2D eigenvalue weighted by Gasteiger charge is 2.48. The quantitative estimate of drug-likeness (QED) is 0.0223. The molecule has 0 radical (unpaired) electrons. The molecule has 1 aliphatic rings. The predicted molar refractivity (Wildman–Crippen MR) is 214 cm³/mol. The first kappa shape index (κ1) is 51.3. The number of ether oxygens (including phenoxy) is 2. The van der Waals surface area contributed by atoms with E-state index in [-0.39, 0.29) is 6.42 Å². The summed E-state index contributed by atoms with van der Waals surface area (Å²) >= 11 is 0. The Morgan fingerprint density at radius 2 is 1.22 bits per heavy atom. The van der Waals surface area contributed by atoms with Gasteiger partial charge in [-0.05, 0) is 44.9 Å². The molecule has 8 atom stereocenters. The number of amides is 1. The van der Waals surface area contributed by atoms with E-state index < -0.39 is 78.5 Å². The van der Waals surface area contributed by atoms with Crippen LogP contribution in [0.2, 0.25) is 0 Å². The smallest absolute Gasteiger partial charge is 0.394 e. The second-order valence-electron chi connectivity index (χ2n) is 14.7. The van der Waals surface area contributed by atoms with Crippen molar-refractivity contribution < 1.29 is 57.0 Å². The highest BCUT2D eigenvalue weighted by Crippen LogP contribution is 2.26. The van der Waals surface area contributed by atoms with E-state index in [4.69, 9.17) is 14.0 Å². The number of hydrogen-bond donors (Lipinski definition) is 7. The largest absolute Gasteiger partial charge is 0.397 e. The van der Waals surface area contributed by atoms with Gasteiger partial charge in [0.1, 0.15) is 30.5 Å². The topological polar surface area (TPSA) is 212 Å². The molecule has 14 heteroatoms. The van der Waals surface area contributed by atoms with Crippen molar-refractivity contribution in [3.63, 3.8) is 0 Å². The molecule has 322 valence electrons. The van der Waals surface area contributed by atoms with Gasteiger partial charge >= 0.3 is 10.4 Å². The highest BCUT2D eigenvalue weighted by atomic mass is 32.3. The molecule has 0 aliphatic carbocycles. The Morgan fingerprint density at radius 3 is 1.75 bits per heavy atom. The molecule has 1 aliphatic heterocycles. The zero-order valence-corrected chi connectivity index (χ0v) is 34.4. The number of aliphatic hydroxyl groups excluding tert-OH is 5.